The number of aromatic nitrogens is 2. The van der Waals surface area contributed by atoms with Crippen molar-refractivity contribution >= 4 is 17.5 Å². The highest BCUT2D eigenvalue weighted by Gasteiger charge is 2.23. The summed E-state index contributed by atoms with van der Waals surface area (Å²) in [6.07, 6.45) is 1.20. The van der Waals surface area contributed by atoms with Crippen LogP contribution in [0.1, 0.15) is 13.8 Å². The fraction of sp³-hybridized carbons (Fsp3) is 0.636. The summed E-state index contributed by atoms with van der Waals surface area (Å²) in [6.45, 7) is 4.60. The first-order chi connectivity index (χ1) is 8.77. The van der Waals surface area contributed by atoms with Gasteiger partial charge in [0.1, 0.15) is 6.20 Å². The first-order valence-corrected chi connectivity index (χ1v) is 5.88. The number of likely N-dealkylation sites (N-methyl/N-ethyl adjacent to an activating group) is 1. The molecule has 0 spiro atoms. The average Bonchev–Trinajstić information content (AvgIpc) is 2.35. The molecule has 0 aromatic carbocycles. The molecule has 8 nitrogen and oxygen atoms in total. The molecule has 0 fully saturated rings. The third-order valence-corrected chi connectivity index (χ3v) is 3.09. The molecule has 0 aliphatic rings. The Morgan fingerprint density at radius 3 is 2.58 bits per heavy atom. The second-order valence-electron chi connectivity index (χ2n) is 4.99. The largest absolute Gasteiger partial charge is 0.362 e. The number of nitrogens with one attached hydrogen (secondary N) is 2. The Kier molecular flexibility index (Phi) is 4.60. The van der Waals surface area contributed by atoms with Gasteiger partial charge in [0.15, 0.2) is 0 Å². The minimum Gasteiger partial charge on any atom is -0.362 e. The SMILES string of the molecule is CNc1ncc([N+](=O)[O-])c(NCC(C)(C)N(C)C)n1. The predicted octanol–water partition coefficient (Wildman–Crippen LogP) is 1.18. The van der Waals surface area contributed by atoms with Gasteiger partial charge in [-0.1, -0.05) is 0 Å². The Balaban J connectivity index is 2.95. The van der Waals surface area contributed by atoms with Crippen LogP contribution >= 0.6 is 0 Å². The maximum absolute atomic E-state index is 10.9. The maximum atomic E-state index is 10.9. The lowest BCUT2D eigenvalue weighted by Crippen LogP contribution is -2.44. The Labute approximate surface area is 112 Å². The lowest BCUT2D eigenvalue weighted by atomic mass is 10.0. The van der Waals surface area contributed by atoms with Crippen LogP contribution in [0.5, 0.6) is 0 Å². The molecule has 106 valence electrons. The number of rotatable bonds is 6. The maximum Gasteiger partial charge on any atom is 0.329 e. The monoisotopic (exact) mass is 268 g/mol. The van der Waals surface area contributed by atoms with Crippen LogP contribution < -0.4 is 10.6 Å². The van der Waals surface area contributed by atoms with E-state index in [2.05, 4.69) is 20.6 Å². The molecule has 2 N–H and O–H groups in total. The zero-order valence-electron chi connectivity index (χ0n) is 11.9. The number of nitro groups is 1. The molecule has 1 aromatic rings. The van der Waals surface area contributed by atoms with Crippen molar-refractivity contribution in [1.29, 1.82) is 0 Å². The van der Waals surface area contributed by atoms with Crippen LogP contribution in [0.25, 0.3) is 0 Å². The average molecular weight is 268 g/mol. The molecule has 0 unspecified atom stereocenters. The van der Waals surface area contributed by atoms with Crippen molar-refractivity contribution in [3.63, 3.8) is 0 Å². The van der Waals surface area contributed by atoms with Crippen LogP contribution in [-0.2, 0) is 0 Å². The van der Waals surface area contributed by atoms with Crippen LogP contribution in [0.15, 0.2) is 6.20 Å². The minimum absolute atomic E-state index is 0.131. The van der Waals surface area contributed by atoms with Crippen LogP contribution in [0, 0.1) is 10.1 Å². The summed E-state index contributed by atoms with van der Waals surface area (Å²) in [7, 11) is 5.57. The van der Waals surface area contributed by atoms with Gasteiger partial charge in [-0.3, -0.25) is 10.1 Å². The molecule has 19 heavy (non-hydrogen) atoms. The summed E-state index contributed by atoms with van der Waals surface area (Å²) < 4.78 is 0. The Hall–Kier alpha value is -1.96. The molecule has 1 rings (SSSR count). The quantitative estimate of drug-likeness (QED) is 0.590. The summed E-state index contributed by atoms with van der Waals surface area (Å²) >= 11 is 0. The summed E-state index contributed by atoms with van der Waals surface area (Å²) in [5.74, 6) is 0.565. The molecule has 0 saturated carbocycles. The normalized spacial score (nSPS) is 11.5. The molecule has 0 bridgehead atoms. The van der Waals surface area contributed by atoms with E-state index in [-0.39, 0.29) is 17.0 Å². The van der Waals surface area contributed by atoms with Crippen molar-refractivity contribution in [2.75, 3.05) is 38.3 Å². The van der Waals surface area contributed by atoms with Crippen molar-refractivity contribution in [3.05, 3.63) is 16.3 Å². The Morgan fingerprint density at radius 1 is 1.47 bits per heavy atom. The van der Waals surface area contributed by atoms with E-state index in [0.717, 1.165) is 0 Å². The van der Waals surface area contributed by atoms with E-state index in [1.807, 2.05) is 32.8 Å². The summed E-state index contributed by atoms with van der Waals surface area (Å²) in [5.41, 5.74) is -0.285. The van der Waals surface area contributed by atoms with Gasteiger partial charge in [0.25, 0.3) is 0 Å². The molecule has 0 aliphatic heterocycles. The van der Waals surface area contributed by atoms with E-state index < -0.39 is 4.92 Å². The van der Waals surface area contributed by atoms with E-state index in [1.165, 1.54) is 6.20 Å². The highest BCUT2D eigenvalue weighted by atomic mass is 16.6. The third-order valence-electron chi connectivity index (χ3n) is 3.09. The Morgan fingerprint density at radius 2 is 2.11 bits per heavy atom. The van der Waals surface area contributed by atoms with Gasteiger partial charge in [-0.15, -0.1) is 0 Å². The van der Waals surface area contributed by atoms with Crippen LogP contribution in [0.2, 0.25) is 0 Å². The van der Waals surface area contributed by atoms with Gasteiger partial charge in [-0.2, -0.15) is 4.98 Å². The fourth-order valence-electron chi connectivity index (χ4n) is 1.22. The van der Waals surface area contributed by atoms with E-state index in [0.29, 0.717) is 12.5 Å². The standard InChI is InChI=1S/C11H20N6O2/c1-11(2,16(4)5)7-14-9-8(17(18)19)6-13-10(12-3)15-9/h6H,7H2,1-5H3,(H2,12,13,14,15). The topological polar surface area (TPSA) is 96.2 Å². The zero-order valence-corrected chi connectivity index (χ0v) is 11.9. The number of anilines is 2. The molecule has 0 aliphatic carbocycles. The summed E-state index contributed by atoms with van der Waals surface area (Å²) in [5, 5.41) is 16.7. The van der Waals surface area contributed by atoms with Gasteiger partial charge in [-0.25, -0.2) is 4.98 Å². The van der Waals surface area contributed by atoms with E-state index in [9.17, 15) is 10.1 Å². The highest BCUT2D eigenvalue weighted by Crippen LogP contribution is 2.23. The highest BCUT2D eigenvalue weighted by molar-refractivity contribution is 5.57. The molecule has 8 heteroatoms. The lowest BCUT2D eigenvalue weighted by molar-refractivity contribution is -0.384. The first kappa shape index (κ1) is 15.1. The minimum atomic E-state index is -0.496. The van der Waals surface area contributed by atoms with Gasteiger partial charge in [0, 0.05) is 19.1 Å². The van der Waals surface area contributed by atoms with Crippen molar-refractivity contribution in [1.82, 2.24) is 14.9 Å². The Bertz CT molecular complexity index is 460. The molecule has 1 heterocycles. The number of hydrogen-bond acceptors (Lipinski definition) is 7. The summed E-state index contributed by atoms with van der Waals surface area (Å²) in [6, 6.07) is 0. The van der Waals surface area contributed by atoms with E-state index >= 15 is 0 Å². The second-order valence-corrected chi connectivity index (χ2v) is 4.99. The second kappa shape index (κ2) is 5.79. The summed E-state index contributed by atoms with van der Waals surface area (Å²) in [4.78, 5) is 20.4. The molecule has 0 radical (unpaired) electrons. The van der Waals surface area contributed by atoms with Crippen LogP contribution in [0.4, 0.5) is 17.5 Å². The van der Waals surface area contributed by atoms with Crippen molar-refractivity contribution in [3.8, 4) is 0 Å². The van der Waals surface area contributed by atoms with Crippen molar-refractivity contribution in [2.24, 2.45) is 0 Å². The third kappa shape index (κ3) is 3.75. The van der Waals surface area contributed by atoms with Gasteiger partial charge < -0.3 is 15.5 Å². The van der Waals surface area contributed by atoms with Gasteiger partial charge in [0.05, 0.1) is 4.92 Å². The van der Waals surface area contributed by atoms with E-state index in [1.54, 1.807) is 7.05 Å². The van der Waals surface area contributed by atoms with Crippen molar-refractivity contribution in [2.45, 2.75) is 19.4 Å². The first-order valence-electron chi connectivity index (χ1n) is 5.88. The fourth-order valence-corrected chi connectivity index (χ4v) is 1.22. The number of nitrogens with zero attached hydrogens (tertiary/aromatic N) is 4. The molecule has 0 saturated heterocycles. The van der Waals surface area contributed by atoms with Gasteiger partial charge >= 0.3 is 5.69 Å². The molecular weight excluding hydrogens is 248 g/mol. The van der Waals surface area contributed by atoms with Gasteiger partial charge in [0.2, 0.25) is 11.8 Å². The molecule has 0 amide bonds. The predicted molar refractivity (Wildman–Crippen MR) is 74.5 cm³/mol. The zero-order chi connectivity index (χ0) is 14.6. The van der Waals surface area contributed by atoms with E-state index in [4.69, 9.17) is 0 Å². The van der Waals surface area contributed by atoms with Crippen molar-refractivity contribution < 1.29 is 4.92 Å². The molecule has 1 aromatic heterocycles. The lowest BCUT2D eigenvalue weighted by Gasteiger charge is -2.32. The molecular formula is C11H20N6O2. The number of hydrogen-bond donors (Lipinski definition) is 2. The smallest absolute Gasteiger partial charge is 0.329 e. The molecule has 0 atom stereocenters. The van der Waals surface area contributed by atoms with Crippen LogP contribution in [0.3, 0.4) is 0 Å². The van der Waals surface area contributed by atoms with Crippen LogP contribution in [-0.4, -0.2) is 53.0 Å². The van der Waals surface area contributed by atoms with Gasteiger partial charge in [-0.05, 0) is 27.9 Å².